The molecule has 1 saturated carbocycles. The SMILES string of the molecule is CC1CC(CN=O)CCC1N. The fourth-order valence-electron chi connectivity index (χ4n) is 1.80. The molecule has 2 N–H and O–H groups in total. The van der Waals surface area contributed by atoms with E-state index in [1.807, 2.05) is 0 Å². The Morgan fingerprint density at radius 2 is 2.27 bits per heavy atom. The van der Waals surface area contributed by atoms with Gasteiger partial charge in [-0.05, 0) is 31.1 Å². The second-order valence-electron chi connectivity index (χ2n) is 3.63. The summed E-state index contributed by atoms with van der Waals surface area (Å²) in [6.45, 7) is 2.64. The van der Waals surface area contributed by atoms with Crippen molar-refractivity contribution in [3.8, 4) is 0 Å². The zero-order chi connectivity index (χ0) is 8.27. The lowest BCUT2D eigenvalue weighted by Gasteiger charge is -2.30. The van der Waals surface area contributed by atoms with Crippen LogP contribution in [0.1, 0.15) is 26.2 Å². The predicted molar refractivity (Wildman–Crippen MR) is 45.1 cm³/mol. The standard InChI is InChI=1S/C8H16N2O/c1-6-4-7(5-10-11)2-3-8(6)9/h6-8H,2-5,9H2,1H3. The largest absolute Gasteiger partial charge is 0.327 e. The lowest BCUT2D eigenvalue weighted by atomic mass is 9.79. The zero-order valence-electron chi connectivity index (χ0n) is 6.99. The van der Waals surface area contributed by atoms with Crippen molar-refractivity contribution in [2.45, 2.75) is 32.2 Å². The Morgan fingerprint density at radius 1 is 1.55 bits per heavy atom. The van der Waals surface area contributed by atoms with Crippen molar-refractivity contribution in [2.75, 3.05) is 6.54 Å². The summed E-state index contributed by atoms with van der Waals surface area (Å²) in [5, 5.41) is 2.93. The molecule has 64 valence electrons. The van der Waals surface area contributed by atoms with Crippen molar-refractivity contribution in [3.05, 3.63) is 4.91 Å². The Bertz CT molecular complexity index is 138. The van der Waals surface area contributed by atoms with Crippen molar-refractivity contribution in [2.24, 2.45) is 22.7 Å². The molecule has 11 heavy (non-hydrogen) atoms. The van der Waals surface area contributed by atoms with Gasteiger partial charge in [-0.25, -0.2) is 0 Å². The first kappa shape index (κ1) is 8.65. The quantitative estimate of drug-likeness (QED) is 0.616. The van der Waals surface area contributed by atoms with E-state index in [1.54, 1.807) is 0 Å². The van der Waals surface area contributed by atoms with E-state index in [1.165, 1.54) is 0 Å². The van der Waals surface area contributed by atoms with Crippen LogP contribution in [-0.4, -0.2) is 12.6 Å². The first-order chi connectivity index (χ1) is 5.24. The van der Waals surface area contributed by atoms with E-state index in [0.29, 0.717) is 24.4 Å². The van der Waals surface area contributed by atoms with Crippen molar-refractivity contribution >= 4 is 0 Å². The molecule has 0 heterocycles. The molecule has 3 nitrogen and oxygen atoms in total. The van der Waals surface area contributed by atoms with Crippen LogP contribution >= 0.6 is 0 Å². The highest BCUT2D eigenvalue weighted by Crippen LogP contribution is 2.27. The fourth-order valence-corrected chi connectivity index (χ4v) is 1.80. The number of nitroso groups, excluding NO2 is 1. The Morgan fingerprint density at radius 3 is 2.82 bits per heavy atom. The van der Waals surface area contributed by atoms with E-state index in [9.17, 15) is 4.91 Å². The molecule has 1 aliphatic rings. The molecule has 1 aliphatic carbocycles. The van der Waals surface area contributed by atoms with E-state index < -0.39 is 0 Å². The minimum absolute atomic E-state index is 0.345. The molecule has 0 bridgehead atoms. The Hall–Kier alpha value is -0.440. The molecule has 1 fully saturated rings. The van der Waals surface area contributed by atoms with Gasteiger partial charge in [-0.1, -0.05) is 12.1 Å². The van der Waals surface area contributed by atoms with Gasteiger partial charge >= 0.3 is 0 Å². The smallest absolute Gasteiger partial charge is 0.0839 e. The molecule has 0 aromatic heterocycles. The van der Waals surface area contributed by atoms with E-state index in [2.05, 4.69) is 12.1 Å². The van der Waals surface area contributed by atoms with Crippen LogP contribution in [0.2, 0.25) is 0 Å². The van der Waals surface area contributed by atoms with Gasteiger partial charge in [0.25, 0.3) is 0 Å². The Balaban J connectivity index is 2.33. The van der Waals surface area contributed by atoms with Crippen LogP contribution in [0.5, 0.6) is 0 Å². The molecule has 0 aromatic carbocycles. The van der Waals surface area contributed by atoms with Gasteiger partial charge in [0, 0.05) is 6.04 Å². The number of hydrogen-bond acceptors (Lipinski definition) is 3. The highest BCUT2D eigenvalue weighted by atomic mass is 16.3. The van der Waals surface area contributed by atoms with Gasteiger partial charge in [0.2, 0.25) is 0 Å². The molecule has 3 heteroatoms. The number of rotatable bonds is 2. The molecule has 0 spiro atoms. The molecule has 1 rings (SSSR count). The monoisotopic (exact) mass is 156 g/mol. The summed E-state index contributed by atoms with van der Waals surface area (Å²) in [7, 11) is 0. The van der Waals surface area contributed by atoms with E-state index in [-0.39, 0.29) is 0 Å². The summed E-state index contributed by atoms with van der Waals surface area (Å²) in [4.78, 5) is 9.98. The minimum Gasteiger partial charge on any atom is -0.327 e. The molecular formula is C8H16N2O. The fraction of sp³-hybridized carbons (Fsp3) is 1.00. The molecule has 3 unspecified atom stereocenters. The summed E-state index contributed by atoms with van der Waals surface area (Å²) in [6.07, 6.45) is 3.21. The van der Waals surface area contributed by atoms with Gasteiger partial charge in [0.15, 0.2) is 0 Å². The molecule has 0 aromatic rings. The maximum absolute atomic E-state index is 9.98. The third kappa shape index (κ3) is 2.26. The molecule has 0 saturated heterocycles. The van der Waals surface area contributed by atoms with E-state index >= 15 is 0 Å². The Labute approximate surface area is 67.3 Å². The van der Waals surface area contributed by atoms with Crippen LogP contribution in [0.4, 0.5) is 0 Å². The van der Waals surface area contributed by atoms with Gasteiger partial charge in [-0.3, -0.25) is 0 Å². The first-order valence-corrected chi connectivity index (χ1v) is 4.28. The van der Waals surface area contributed by atoms with Crippen molar-refractivity contribution in [3.63, 3.8) is 0 Å². The van der Waals surface area contributed by atoms with Crippen LogP contribution in [0, 0.1) is 16.7 Å². The lowest BCUT2D eigenvalue weighted by molar-refractivity contribution is 0.253. The van der Waals surface area contributed by atoms with Gasteiger partial charge in [-0.2, -0.15) is 4.91 Å². The van der Waals surface area contributed by atoms with Gasteiger partial charge in [-0.15, -0.1) is 0 Å². The molecular weight excluding hydrogens is 140 g/mol. The van der Waals surface area contributed by atoms with Crippen LogP contribution in [0.25, 0.3) is 0 Å². The van der Waals surface area contributed by atoms with Crippen LogP contribution in [0.3, 0.4) is 0 Å². The van der Waals surface area contributed by atoms with E-state index in [0.717, 1.165) is 19.3 Å². The highest BCUT2D eigenvalue weighted by molar-refractivity contribution is 4.80. The van der Waals surface area contributed by atoms with Gasteiger partial charge < -0.3 is 5.73 Å². The highest BCUT2D eigenvalue weighted by Gasteiger charge is 2.24. The summed E-state index contributed by atoms with van der Waals surface area (Å²) in [6, 6.07) is 0.345. The summed E-state index contributed by atoms with van der Waals surface area (Å²) >= 11 is 0. The molecule has 0 radical (unpaired) electrons. The van der Waals surface area contributed by atoms with E-state index in [4.69, 9.17) is 5.73 Å². The van der Waals surface area contributed by atoms with Crippen LogP contribution in [-0.2, 0) is 0 Å². The van der Waals surface area contributed by atoms with Gasteiger partial charge in [0.05, 0.1) is 6.54 Å². The molecule has 0 amide bonds. The average molecular weight is 156 g/mol. The predicted octanol–water partition coefficient (Wildman–Crippen LogP) is 1.52. The summed E-state index contributed by atoms with van der Waals surface area (Å²) in [5.41, 5.74) is 5.83. The zero-order valence-corrected chi connectivity index (χ0v) is 6.99. The minimum atomic E-state index is 0.345. The second-order valence-corrected chi connectivity index (χ2v) is 3.63. The number of nitrogens with zero attached hydrogens (tertiary/aromatic N) is 1. The third-order valence-corrected chi connectivity index (χ3v) is 2.68. The normalized spacial score (nSPS) is 38.5. The first-order valence-electron chi connectivity index (χ1n) is 4.28. The third-order valence-electron chi connectivity index (χ3n) is 2.68. The molecule has 0 aliphatic heterocycles. The number of nitrogens with two attached hydrogens (primary N) is 1. The topological polar surface area (TPSA) is 55.5 Å². The van der Waals surface area contributed by atoms with Crippen LogP contribution in [0.15, 0.2) is 5.18 Å². The maximum atomic E-state index is 9.98. The summed E-state index contributed by atoms with van der Waals surface area (Å²) in [5.74, 6) is 1.07. The van der Waals surface area contributed by atoms with Crippen molar-refractivity contribution in [1.82, 2.24) is 0 Å². The average Bonchev–Trinajstić information content (AvgIpc) is 1.98. The van der Waals surface area contributed by atoms with Crippen molar-refractivity contribution < 1.29 is 0 Å². The summed E-state index contributed by atoms with van der Waals surface area (Å²) < 4.78 is 0. The maximum Gasteiger partial charge on any atom is 0.0839 e. The van der Waals surface area contributed by atoms with Crippen molar-refractivity contribution in [1.29, 1.82) is 0 Å². The molecule has 3 atom stereocenters. The van der Waals surface area contributed by atoms with Gasteiger partial charge in [0.1, 0.15) is 0 Å². The van der Waals surface area contributed by atoms with Crippen LogP contribution < -0.4 is 5.73 Å². The second kappa shape index (κ2) is 3.81. The number of hydrogen-bond donors (Lipinski definition) is 1. The Kier molecular flexibility index (Phi) is 3.00. The lowest BCUT2D eigenvalue weighted by Crippen LogP contribution is -2.35.